The van der Waals surface area contributed by atoms with Crippen LogP contribution >= 0.6 is 19.4 Å². The van der Waals surface area contributed by atoms with Gasteiger partial charge in [-0.2, -0.15) is 0 Å². The molecule has 0 aliphatic rings. The van der Waals surface area contributed by atoms with Crippen molar-refractivity contribution >= 4 is 48.0 Å². The molecule has 222 valence electrons. The van der Waals surface area contributed by atoms with Crippen LogP contribution in [0.2, 0.25) is 5.02 Å². The van der Waals surface area contributed by atoms with Gasteiger partial charge in [-0.3, -0.25) is 19.6 Å². The second-order valence-electron chi connectivity index (χ2n) is 8.71. The molecule has 13 nitrogen and oxygen atoms in total. The number of hydrogen-bond acceptors (Lipinski definition) is 9. The Hall–Kier alpha value is -3.20. The number of carbonyl (C=O) groups excluding carboxylic acids is 2. The van der Waals surface area contributed by atoms with E-state index in [0.29, 0.717) is 5.56 Å². The van der Waals surface area contributed by atoms with Crippen LogP contribution in [-0.2, 0) is 29.9 Å². The molecule has 0 unspecified atom stereocenters. The molecule has 1 aromatic heterocycles. The first-order valence-electron chi connectivity index (χ1n) is 12.1. The minimum absolute atomic E-state index is 0.0708. The van der Waals surface area contributed by atoms with E-state index in [4.69, 9.17) is 30.9 Å². The van der Waals surface area contributed by atoms with Gasteiger partial charge in [0.05, 0.1) is 24.8 Å². The van der Waals surface area contributed by atoms with Crippen molar-refractivity contribution in [3.8, 4) is 0 Å². The number of carbonyl (C=O) groups is 2. The fraction of sp³-hybridized carbons (Fsp3) is 0.320. The summed E-state index contributed by atoms with van der Waals surface area (Å²) < 4.78 is 39.7. The Balaban J connectivity index is 1.66. The summed E-state index contributed by atoms with van der Waals surface area (Å²) in [5.41, 5.74) is 3.17. The zero-order valence-corrected chi connectivity index (χ0v) is 23.4. The van der Waals surface area contributed by atoms with Crippen LogP contribution in [0.25, 0.3) is 10.8 Å². The van der Waals surface area contributed by atoms with Crippen LogP contribution in [0.3, 0.4) is 0 Å². The third kappa shape index (κ3) is 10.6. The highest BCUT2D eigenvalue weighted by atomic mass is 35.5. The van der Waals surface area contributed by atoms with Crippen LogP contribution < -0.4 is 10.7 Å². The molecule has 1 heterocycles. The quantitative estimate of drug-likeness (QED) is 0.133. The van der Waals surface area contributed by atoms with Crippen LogP contribution in [0.5, 0.6) is 0 Å². The number of amides is 2. The molecule has 41 heavy (non-hydrogen) atoms. The molecule has 2 amide bonds. The van der Waals surface area contributed by atoms with Gasteiger partial charge in [0.15, 0.2) is 0 Å². The number of aliphatic hydroxyl groups excluding tert-OH is 1. The molecule has 0 radical (unpaired) electrons. The number of halogens is 2. The van der Waals surface area contributed by atoms with Gasteiger partial charge in [0.1, 0.15) is 30.4 Å². The van der Waals surface area contributed by atoms with Crippen molar-refractivity contribution in [3.05, 3.63) is 71.1 Å². The zero-order chi connectivity index (χ0) is 30.0. The Kier molecular flexibility index (Phi) is 11.9. The fourth-order valence-corrected chi connectivity index (χ4v) is 4.14. The van der Waals surface area contributed by atoms with Crippen molar-refractivity contribution in [2.45, 2.75) is 25.6 Å². The lowest BCUT2D eigenvalue weighted by Crippen LogP contribution is -2.52. The van der Waals surface area contributed by atoms with E-state index in [9.17, 15) is 23.7 Å². The smallest absolute Gasteiger partial charge is 0.447 e. The summed E-state index contributed by atoms with van der Waals surface area (Å²) in [6.45, 7) is -0.659. The lowest BCUT2D eigenvalue weighted by atomic mass is 10.2. The Morgan fingerprint density at radius 3 is 2.54 bits per heavy atom. The number of phosphoric ester groups is 1. The predicted octanol–water partition coefficient (Wildman–Crippen LogP) is 2.98. The maximum Gasteiger partial charge on any atom is 0.469 e. The van der Waals surface area contributed by atoms with Crippen LogP contribution in [-0.4, -0.2) is 75.5 Å². The number of hydrazine groups is 1. The standard InChI is InChI=1S/C25H29ClFN4O9P/c1-16(32)31(29-11-19-7-4-8-22(27)24(19)26)20(12-38-14-21(33)15-40-41(35,36)37)13-39-25(34)30-23-9-17-5-2-3-6-18(17)10-28-23/h2-10,20-21,29,33H,11-15H2,1H3,(H,28,30,34)(H2,35,36,37)/t20-,21-/m0/s1. The van der Waals surface area contributed by atoms with E-state index in [2.05, 4.69) is 20.3 Å². The van der Waals surface area contributed by atoms with E-state index in [1.165, 1.54) is 19.1 Å². The maximum absolute atomic E-state index is 13.9. The lowest BCUT2D eigenvalue weighted by Gasteiger charge is -2.31. The number of nitrogens with zero attached hydrogens (tertiary/aromatic N) is 2. The van der Waals surface area contributed by atoms with Crippen molar-refractivity contribution in [2.75, 3.05) is 31.7 Å². The first kappa shape index (κ1) is 32.3. The molecular formula is C25H29ClFN4O9P. The third-order valence-electron chi connectivity index (χ3n) is 5.50. The van der Waals surface area contributed by atoms with E-state index in [1.807, 2.05) is 24.3 Å². The highest BCUT2D eigenvalue weighted by Crippen LogP contribution is 2.35. The SMILES string of the molecule is CC(=O)N(NCc1cccc(F)c1Cl)[C@@H](COC[C@H](O)COP(=O)(O)O)COC(=O)Nc1cc2ccccc2cn1. The fourth-order valence-electron chi connectivity index (χ4n) is 3.59. The molecule has 3 rings (SSSR count). The zero-order valence-electron chi connectivity index (χ0n) is 21.8. The third-order valence-corrected chi connectivity index (χ3v) is 6.41. The average molecular weight is 615 g/mol. The van der Waals surface area contributed by atoms with E-state index < -0.39 is 57.6 Å². The predicted molar refractivity (Wildman–Crippen MR) is 146 cm³/mol. The van der Waals surface area contributed by atoms with Gasteiger partial charge in [-0.25, -0.2) is 24.2 Å². The summed E-state index contributed by atoms with van der Waals surface area (Å²) in [5.74, 6) is -0.928. The number of hydrogen-bond donors (Lipinski definition) is 5. The van der Waals surface area contributed by atoms with E-state index >= 15 is 0 Å². The average Bonchev–Trinajstić information content (AvgIpc) is 2.91. The minimum atomic E-state index is -4.80. The summed E-state index contributed by atoms with van der Waals surface area (Å²) in [5, 5.41) is 15.1. The van der Waals surface area contributed by atoms with Crippen LogP contribution in [0.4, 0.5) is 15.0 Å². The van der Waals surface area contributed by atoms with Crippen molar-refractivity contribution in [3.63, 3.8) is 0 Å². The molecule has 2 atom stereocenters. The molecule has 0 bridgehead atoms. The molecular weight excluding hydrogens is 586 g/mol. The number of benzene rings is 2. The van der Waals surface area contributed by atoms with Gasteiger partial charge in [-0.05, 0) is 23.1 Å². The van der Waals surface area contributed by atoms with Gasteiger partial charge in [0.2, 0.25) is 5.91 Å². The van der Waals surface area contributed by atoms with E-state index in [0.717, 1.165) is 15.8 Å². The molecule has 5 N–H and O–H groups in total. The number of fused-ring (bicyclic) bond motifs is 1. The molecule has 0 saturated carbocycles. The van der Waals surface area contributed by atoms with Crippen molar-refractivity contribution in [1.29, 1.82) is 0 Å². The molecule has 0 spiro atoms. The second kappa shape index (κ2) is 15.1. The summed E-state index contributed by atoms with van der Waals surface area (Å²) >= 11 is 6.01. The summed E-state index contributed by atoms with van der Waals surface area (Å²) in [4.78, 5) is 46.8. The van der Waals surface area contributed by atoms with Gasteiger partial charge in [-0.1, -0.05) is 48.0 Å². The number of pyridine rings is 1. The Bertz CT molecular complexity index is 1400. The topological polar surface area (TPSA) is 180 Å². The monoisotopic (exact) mass is 614 g/mol. The first-order valence-corrected chi connectivity index (χ1v) is 14.0. The van der Waals surface area contributed by atoms with Crippen molar-refractivity contribution in [2.24, 2.45) is 0 Å². The molecule has 0 saturated heterocycles. The Morgan fingerprint density at radius 2 is 1.83 bits per heavy atom. The highest BCUT2D eigenvalue weighted by molar-refractivity contribution is 7.46. The van der Waals surface area contributed by atoms with E-state index in [1.54, 1.807) is 18.3 Å². The summed E-state index contributed by atoms with van der Waals surface area (Å²) in [6, 6.07) is 12.3. The Labute approximate surface area is 239 Å². The molecule has 3 aromatic rings. The molecule has 0 aliphatic carbocycles. The summed E-state index contributed by atoms with van der Waals surface area (Å²) in [6.07, 6.45) is -0.692. The first-order chi connectivity index (χ1) is 19.4. The lowest BCUT2D eigenvalue weighted by molar-refractivity contribution is -0.139. The van der Waals surface area contributed by atoms with Gasteiger partial charge in [0.25, 0.3) is 0 Å². The minimum Gasteiger partial charge on any atom is -0.447 e. The van der Waals surface area contributed by atoms with Crippen LogP contribution in [0.15, 0.2) is 54.7 Å². The molecule has 0 aliphatic heterocycles. The molecule has 16 heteroatoms. The van der Waals surface area contributed by atoms with Crippen molar-refractivity contribution < 1.29 is 47.4 Å². The Morgan fingerprint density at radius 1 is 1.10 bits per heavy atom. The molecule has 2 aromatic carbocycles. The largest absolute Gasteiger partial charge is 0.469 e. The number of aromatic nitrogens is 1. The van der Waals surface area contributed by atoms with Crippen molar-refractivity contribution in [1.82, 2.24) is 15.4 Å². The number of nitrogens with one attached hydrogen (secondary N) is 2. The normalized spacial score (nSPS) is 13.0. The number of rotatable bonds is 14. The van der Waals surface area contributed by atoms with Gasteiger partial charge >= 0.3 is 13.9 Å². The number of anilines is 1. The maximum atomic E-state index is 13.9. The number of ether oxygens (including phenoxy) is 2. The van der Waals surface area contributed by atoms with Crippen LogP contribution in [0.1, 0.15) is 12.5 Å². The van der Waals surface area contributed by atoms with Gasteiger partial charge in [0, 0.05) is 25.1 Å². The van der Waals surface area contributed by atoms with Gasteiger partial charge < -0.3 is 24.4 Å². The molecule has 0 fully saturated rings. The van der Waals surface area contributed by atoms with Crippen LogP contribution in [0, 0.1) is 5.82 Å². The second-order valence-corrected chi connectivity index (χ2v) is 10.3. The highest BCUT2D eigenvalue weighted by Gasteiger charge is 2.25. The number of phosphoric acid groups is 1. The van der Waals surface area contributed by atoms with Gasteiger partial charge in [-0.15, -0.1) is 0 Å². The van der Waals surface area contributed by atoms with E-state index in [-0.39, 0.29) is 24.0 Å². The number of aliphatic hydroxyl groups is 1. The summed E-state index contributed by atoms with van der Waals surface area (Å²) in [7, 11) is -4.80.